The maximum absolute atomic E-state index is 9.28. The molecule has 3 heteroatoms. The summed E-state index contributed by atoms with van der Waals surface area (Å²) >= 11 is 0. The molecule has 0 saturated heterocycles. The first kappa shape index (κ1) is 9.93. The van der Waals surface area contributed by atoms with Gasteiger partial charge in [-0.2, -0.15) is 0 Å². The fraction of sp³-hybridized carbons (Fsp3) is 0.250. The molecule has 1 N–H and O–H groups in total. The van der Waals surface area contributed by atoms with Crippen LogP contribution in [0.25, 0.3) is 11.3 Å². The standard InChI is InChI=1S/C12H14N2O/c1-9-5-3-4-6-10(9)12-11(7-15)14(2)8-13-12/h3-6,8,15H,7H2,1-2H3. The van der Waals surface area contributed by atoms with Gasteiger partial charge in [-0.15, -0.1) is 0 Å². The van der Waals surface area contributed by atoms with Gasteiger partial charge in [0.25, 0.3) is 0 Å². The SMILES string of the molecule is Cc1ccccc1-c1ncn(C)c1CO. The highest BCUT2D eigenvalue weighted by atomic mass is 16.3. The van der Waals surface area contributed by atoms with Crippen molar-refractivity contribution in [3.8, 4) is 11.3 Å². The van der Waals surface area contributed by atoms with Crippen molar-refractivity contribution in [1.29, 1.82) is 0 Å². The van der Waals surface area contributed by atoms with Crippen LogP contribution in [0.15, 0.2) is 30.6 Å². The Balaban J connectivity index is 2.59. The summed E-state index contributed by atoms with van der Waals surface area (Å²) in [7, 11) is 1.89. The van der Waals surface area contributed by atoms with Crippen molar-refractivity contribution in [2.45, 2.75) is 13.5 Å². The number of rotatable bonds is 2. The van der Waals surface area contributed by atoms with Crippen molar-refractivity contribution in [2.75, 3.05) is 0 Å². The summed E-state index contributed by atoms with van der Waals surface area (Å²) in [5, 5.41) is 9.28. The maximum atomic E-state index is 9.28. The molecule has 0 spiro atoms. The lowest BCUT2D eigenvalue weighted by Crippen LogP contribution is -1.96. The topological polar surface area (TPSA) is 38.0 Å². The molecule has 78 valence electrons. The molecular formula is C12H14N2O. The minimum atomic E-state index is 0.0141. The van der Waals surface area contributed by atoms with Crippen LogP contribution < -0.4 is 0 Å². The second-order valence-electron chi connectivity index (χ2n) is 3.62. The first-order chi connectivity index (χ1) is 7.24. The normalized spacial score (nSPS) is 10.6. The number of nitrogens with zero attached hydrogens (tertiary/aromatic N) is 2. The van der Waals surface area contributed by atoms with Crippen molar-refractivity contribution < 1.29 is 5.11 Å². The Morgan fingerprint density at radius 1 is 1.33 bits per heavy atom. The molecule has 2 rings (SSSR count). The molecule has 0 amide bonds. The molecule has 0 aliphatic rings. The molecule has 0 fully saturated rings. The van der Waals surface area contributed by atoms with Crippen molar-refractivity contribution >= 4 is 0 Å². The van der Waals surface area contributed by atoms with E-state index in [1.54, 1.807) is 6.33 Å². The number of benzene rings is 1. The summed E-state index contributed by atoms with van der Waals surface area (Å²) < 4.78 is 1.85. The van der Waals surface area contributed by atoms with Gasteiger partial charge in [0.2, 0.25) is 0 Å². The third-order valence-corrected chi connectivity index (χ3v) is 2.61. The molecular weight excluding hydrogens is 188 g/mol. The molecule has 15 heavy (non-hydrogen) atoms. The molecule has 0 saturated carbocycles. The molecule has 0 radical (unpaired) electrons. The second-order valence-corrected chi connectivity index (χ2v) is 3.62. The van der Waals surface area contributed by atoms with Crippen LogP contribution in [0.3, 0.4) is 0 Å². The third kappa shape index (κ3) is 1.66. The summed E-state index contributed by atoms with van der Waals surface area (Å²) in [5.41, 5.74) is 3.98. The fourth-order valence-corrected chi connectivity index (χ4v) is 1.71. The summed E-state index contributed by atoms with van der Waals surface area (Å²) in [4.78, 5) is 4.32. The molecule has 0 aliphatic carbocycles. The summed E-state index contributed by atoms with van der Waals surface area (Å²) in [6, 6.07) is 8.06. The van der Waals surface area contributed by atoms with Crippen molar-refractivity contribution in [3.05, 3.63) is 41.9 Å². The van der Waals surface area contributed by atoms with E-state index in [9.17, 15) is 5.11 Å². The van der Waals surface area contributed by atoms with Crippen LogP contribution >= 0.6 is 0 Å². The lowest BCUT2D eigenvalue weighted by atomic mass is 10.0. The van der Waals surface area contributed by atoms with Crippen LogP contribution in [0.5, 0.6) is 0 Å². The van der Waals surface area contributed by atoms with Crippen LogP contribution in [0, 0.1) is 6.92 Å². The Kier molecular flexibility index (Phi) is 2.56. The smallest absolute Gasteiger partial charge is 0.0954 e. The molecule has 1 aromatic heterocycles. The van der Waals surface area contributed by atoms with Gasteiger partial charge in [-0.05, 0) is 12.5 Å². The van der Waals surface area contributed by atoms with E-state index < -0.39 is 0 Å². The van der Waals surface area contributed by atoms with Gasteiger partial charge < -0.3 is 9.67 Å². The molecule has 1 aromatic carbocycles. The van der Waals surface area contributed by atoms with Gasteiger partial charge in [0.05, 0.1) is 24.3 Å². The van der Waals surface area contributed by atoms with Crippen molar-refractivity contribution in [1.82, 2.24) is 9.55 Å². The number of aliphatic hydroxyl groups is 1. The highest BCUT2D eigenvalue weighted by Gasteiger charge is 2.11. The Morgan fingerprint density at radius 3 is 2.73 bits per heavy atom. The predicted molar refractivity (Wildman–Crippen MR) is 59.3 cm³/mol. The van der Waals surface area contributed by atoms with Crippen molar-refractivity contribution in [3.63, 3.8) is 0 Å². The molecule has 2 aromatic rings. The summed E-state index contributed by atoms with van der Waals surface area (Å²) in [6.45, 7) is 2.06. The number of aliphatic hydroxyl groups excluding tert-OH is 1. The highest BCUT2D eigenvalue weighted by molar-refractivity contribution is 5.65. The lowest BCUT2D eigenvalue weighted by molar-refractivity contribution is 0.273. The van der Waals surface area contributed by atoms with Gasteiger partial charge in [-0.25, -0.2) is 4.98 Å². The fourth-order valence-electron chi connectivity index (χ4n) is 1.71. The van der Waals surface area contributed by atoms with E-state index in [0.717, 1.165) is 17.0 Å². The minimum absolute atomic E-state index is 0.0141. The number of hydrogen-bond donors (Lipinski definition) is 1. The number of hydrogen-bond acceptors (Lipinski definition) is 2. The lowest BCUT2D eigenvalue weighted by Gasteiger charge is -2.05. The van der Waals surface area contributed by atoms with Gasteiger partial charge in [0.1, 0.15) is 0 Å². The molecule has 0 unspecified atom stereocenters. The van der Waals surface area contributed by atoms with E-state index in [0.29, 0.717) is 0 Å². The number of aryl methyl sites for hydroxylation is 2. The summed E-state index contributed by atoms with van der Waals surface area (Å²) in [5.74, 6) is 0. The Morgan fingerprint density at radius 2 is 2.07 bits per heavy atom. The van der Waals surface area contributed by atoms with Gasteiger partial charge >= 0.3 is 0 Å². The van der Waals surface area contributed by atoms with Gasteiger partial charge in [-0.1, -0.05) is 24.3 Å². The first-order valence-electron chi connectivity index (χ1n) is 4.91. The van der Waals surface area contributed by atoms with Gasteiger partial charge in [-0.3, -0.25) is 0 Å². The monoisotopic (exact) mass is 202 g/mol. The van der Waals surface area contributed by atoms with Crippen LogP contribution in [0.4, 0.5) is 0 Å². The van der Waals surface area contributed by atoms with E-state index in [4.69, 9.17) is 0 Å². The second kappa shape index (κ2) is 3.87. The molecule has 1 heterocycles. The Hall–Kier alpha value is -1.61. The number of aromatic nitrogens is 2. The van der Waals surface area contributed by atoms with Crippen LogP contribution in [0.1, 0.15) is 11.3 Å². The van der Waals surface area contributed by atoms with E-state index in [1.165, 1.54) is 5.56 Å². The van der Waals surface area contributed by atoms with Crippen LogP contribution in [-0.2, 0) is 13.7 Å². The third-order valence-electron chi connectivity index (χ3n) is 2.61. The average Bonchev–Trinajstić information content (AvgIpc) is 2.60. The van der Waals surface area contributed by atoms with Crippen molar-refractivity contribution in [2.24, 2.45) is 7.05 Å². The van der Waals surface area contributed by atoms with E-state index >= 15 is 0 Å². The zero-order valence-corrected chi connectivity index (χ0v) is 8.94. The van der Waals surface area contributed by atoms with E-state index in [2.05, 4.69) is 4.98 Å². The quantitative estimate of drug-likeness (QED) is 0.807. The molecule has 3 nitrogen and oxygen atoms in total. The average molecular weight is 202 g/mol. The van der Waals surface area contributed by atoms with Crippen LogP contribution in [-0.4, -0.2) is 14.7 Å². The number of imidazole rings is 1. The van der Waals surface area contributed by atoms with Gasteiger partial charge in [0.15, 0.2) is 0 Å². The minimum Gasteiger partial charge on any atom is -0.390 e. The van der Waals surface area contributed by atoms with Gasteiger partial charge in [0, 0.05) is 12.6 Å². The van der Waals surface area contributed by atoms with E-state index in [-0.39, 0.29) is 6.61 Å². The zero-order chi connectivity index (χ0) is 10.8. The zero-order valence-electron chi connectivity index (χ0n) is 8.94. The highest BCUT2D eigenvalue weighted by Crippen LogP contribution is 2.24. The van der Waals surface area contributed by atoms with E-state index in [1.807, 2.05) is 42.8 Å². The predicted octanol–water partition coefficient (Wildman–Crippen LogP) is 1.89. The first-order valence-corrected chi connectivity index (χ1v) is 4.91. The molecule has 0 aliphatic heterocycles. The Bertz CT molecular complexity index is 474. The maximum Gasteiger partial charge on any atom is 0.0954 e. The Labute approximate surface area is 89.0 Å². The largest absolute Gasteiger partial charge is 0.390 e. The van der Waals surface area contributed by atoms with Crippen LogP contribution in [0.2, 0.25) is 0 Å². The molecule has 0 bridgehead atoms. The molecule has 0 atom stereocenters. The summed E-state index contributed by atoms with van der Waals surface area (Å²) in [6.07, 6.45) is 1.73.